The van der Waals surface area contributed by atoms with Gasteiger partial charge in [0.25, 0.3) is 0 Å². The predicted octanol–water partition coefficient (Wildman–Crippen LogP) is 0.307. The van der Waals surface area contributed by atoms with Gasteiger partial charge in [-0.1, -0.05) is 6.07 Å². The molecular formula is C12H16FN3O2. The molecule has 0 bridgehead atoms. The Kier molecular flexibility index (Phi) is 3.78. The van der Waals surface area contributed by atoms with Crippen LogP contribution in [0.1, 0.15) is 5.56 Å². The first-order chi connectivity index (χ1) is 8.63. The molecule has 1 aliphatic heterocycles. The fourth-order valence-corrected chi connectivity index (χ4v) is 2.09. The molecule has 18 heavy (non-hydrogen) atoms. The highest BCUT2D eigenvalue weighted by Gasteiger charge is 2.23. The molecule has 1 atom stereocenters. The minimum atomic E-state index is -0.507. The van der Waals surface area contributed by atoms with Crippen LogP contribution in [0.5, 0.6) is 0 Å². The van der Waals surface area contributed by atoms with Crippen LogP contribution in [-0.4, -0.2) is 43.3 Å². The number of anilines is 1. The third-order valence-electron chi connectivity index (χ3n) is 2.94. The summed E-state index contributed by atoms with van der Waals surface area (Å²) in [5.41, 5.74) is 6.11. The Labute approximate surface area is 104 Å². The number of aliphatic hydroxyl groups is 1. The van der Waals surface area contributed by atoms with Crippen LogP contribution in [0.15, 0.2) is 18.2 Å². The summed E-state index contributed by atoms with van der Waals surface area (Å²) >= 11 is 0. The molecule has 1 saturated heterocycles. The van der Waals surface area contributed by atoms with E-state index >= 15 is 0 Å². The normalized spacial score (nSPS) is 19.9. The zero-order valence-corrected chi connectivity index (χ0v) is 9.90. The smallest absolute Gasteiger partial charge is 0.136 e. The van der Waals surface area contributed by atoms with Gasteiger partial charge in [-0.05, 0) is 12.1 Å². The molecule has 0 amide bonds. The highest BCUT2D eigenvalue weighted by Crippen LogP contribution is 2.24. The highest BCUT2D eigenvalue weighted by molar-refractivity contribution is 6.00. The van der Waals surface area contributed by atoms with E-state index in [1.165, 1.54) is 6.07 Å². The van der Waals surface area contributed by atoms with Crippen LogP contribution in [-0.2, 0) is 4.74 Å². The van der Waals surface area contributed by atoms with Crippen LogP contribution >= 0.6 is 0 Å². The largest absolute Gasteiger partial charge is 0.394 e. The molecule has 1 fully saturated rings. The quantitative estimate of drug-likeness (QED) is 0.535. The molecule has 1 aliphatic rings. The lowest BCUT2D eigenvalue weighted by Crippen LogP contribution is -2.44. The van der Waals surface area contributed by atoms with Crippen molar-refractivity contribution in [1.82, 2.24) is 0 Å². The third kappa shape index (κ3) is 2.44. The van der Waals surface area contributed by atoms with Gasteiger partial charge in [0.05, 0.1) is 30.6 Å². The Morgan fingerprint density at radius 1 is 1.61 bits per heavy atom. The molecule has 4 N–H and O–H groups in total. The second kappa shape index (κ2) is 5.32. The minimum absolute atomic E-state index is 0.0821. The molecule has 98 valence electrons. The van der Waals surface area contributed by atoms with Crippen LogP contribution in [0.3, 0.4) is 0 Å². The molecule has 1 aromatic carbocycles. The van der Waals surface area contributed by atoms with Gasteiger partial charge in [-0.2, -0.15) is 0 Å². The van der Waals surface area contributed by atoms with E-state index in [1.807, 2.05) is 4.90 Å². The molecular weight excluding hydrogens is 237 g/mol. The van der Waals surface area contributed by atoms with Gasteiger partial charge < -0.3 is 20.5 Å². The number of rotatable bonds is 3. The van der Waals surface area contributed by atoms with E-state index in [4.69, 9.17) is 21.0 Å². The first-order valence-corrected chi connectivity index (χ1v) is 5.73. The molecule has 0 aromatic heterocycles. The van der Waals surface area contributed by atoms with Crippen molar-refractivity contribution < 1.29 is 14.2 Å². The number of amidine groups is 1. The second-order valence-corrected chi connectivity index (χ2v) is 4.17. The van der Waals surface area contributed by atoms with Gasteiger partial charge in [0.2, 0.25) is 0 Å². The minimum Gasteiger partial charge on any atom is -0.394 e. The number of hydrogen-bond acceptors (Lipinski definition) is 4. The standard InChI is InChI=1S/C12H16FN3O2/c13-9-2-1-3-10(11(9)12(14)15)16-4-5-18-8(6-16)7-17/h1-3,8,17H,4-7H2,(H3,14,15). The Morgan fingerprint density at radius 2 is 2.39 bits per heavy atom. The topological polar surface area (TPSA) is 82.6 Å². The van der Waals surface area contributed by atoms with Gasteiger partial charge in [0.15, 0.2) is 0 Å². The molecule has 0 saturated carbocycles. The monoisotopic (exact) mass is 253 g/mol. The Balaban J connectivity index is 2.32. The van der Waals surface area contributed by atoms with Gasteiger partial charge in [-0.25, -0.2) is 4.39 Å². The number of nitrogens with zero attached hydrogens (tertiary/aromatic N) is 1. The molecule has 2 rings (SSSR count). The maximum atomic E-state index is 13.7. The molecule has 0 aliphatic carbocycles. The first-order valence-electron chi connectivity index (χ1n) is 5.73. The van der Waals surface area contributed by atoms with Crippen molar-refractivity contribution in [3.8, 4) is 0 Å². The number of morpholine rings is 1. The summed E-state index contributed by atoms with van der Waals surface area (Å²) in [5.74, 6) is -0.804. The van der Waals surface area contributed by atoms with Crippen molar-refractivity contribution in [2.24, 2.45) is 5.73 Å². The fraction of sp³-hybridized carbons (Fsp3) is 0.417. The predicted molar refractivity (Wildman–Crippen MR) is 66.5 cm³/mol. The summed E-state index contributed by atoms with van der Waals surface area (Å²) in [5, 5.41) is 16.6. The van der Waals surface area contributed by atoms with Crippen molar-refractivity contribution >= 4 is 11.5 Å². The Hall–Kier alpha value is -1.66. The van der Waals surface area contributed by atoms with Crippen molar-refractivity contribution in [1.29, 1.82) is 5.41 Å². The van der Waals surface area contributed by atoms with Crippen molar-refractivity contribution in [2.45, 2.75) is 6.10 Å². The maximum Gasteiger partial charge on any atom is 0.136 e. The third-order valence-corrected chi connectivity index (χ3v) is 2.94. The zero-order chi connectivity index (χ0) is 13.1. The number of nitrogens with two attached hydrogens (primary N) is 1. The van der Waals surface area contributed by atoms with Crippen LogP contribution in [0.2, 0.25) is 0 Å². The average molecular weight is 253 g/mol. The van der Waals surface area contributed by atoms with Crippen LogP contribution in [0.25, 0.3) is 0 Å². The molecule has 1 aromatic rings. The molecule has 0 radical (unpaired) electrons. The summed E-state index contributed by atoms with van der Waals surface area (Å²) in [6.45, 7) is 1.42. The molecule has 5 nitrogen and oxygen atoms in total. The number of nitrogens with one attached hydrogen (secondary N) is 1. The zero-order valence-electron chi connectivity index (χ0n) is 9.90. The Morgan fingerprint density at radius 3 is 3.06 bits per heavy atom. The second-order valence-electron chi connectivity index (χ2n) is 4.17. The van der Waals surface area contributed by atoms with E-state index in [1.54, 1.807) is 12.1 Å². The van der Waals surface area contributed by atoms with Gasteiger partial charge in [0, 0.05) is 13.1 Å². The fourth-order valence-electron chi connectivity index (χ4n) is 2.09. The van der Waals surface area contributed by atoms with Crippen molar-refractivity contribution in [3.05, 3.63) is 29.6 Å². The van der Waals surface area contributed by atoms with Crippen LogP contribution in [0, 0.1) is 11.2 Å². The van der Waals surface area contributed by atoms with E-state index < -0.39 is 5.82 Å². The summed E-state index contributed by atoms with van der Waals surface area (Å²) in [7, 11) is 0. The SMILES string of the molecule is N=C(N)c1c(F)cccc1N1CCOC(CO)C1. The highest BCUT2D eigenvalue weighted by atomic mass is 19.1. The van der Waals surface area contributed by atoms with E-state index in [-0.39, 0.29) is 24.1 Å². The summed E-state index contributed by atoms with van der Waals surface area (Å²) in [4.78, 5) is 1.88. The number of ether oxygens (including phenoxy) is 1. The van der Waals surface area contributed by atoms with Gasteiger partial charge in [0.1, 0.15) is 11.7 Å². The molecule has 0 spiro atoms. The van der Waals surface area contributed by atoms with Crippen molar-refractivity contribution in [2.75, 3.05) is 31.2 Å². The summed E-state index contributed by atoms with van der Waals surface area (Å²) in [6.07, 6.45) is -0.290. The van der Waals surface area contributed by atoms with Crippen molar-refractivity contribution in [3.63, 3.8) is 0 Å². The number of aliphatic hydroxyl groups excluding tert-OH is 1. The van der Waals surface area contributed by atoms with Gasteiger partial charge >= 0.3 is 0 Å². The summed E-state index contributed by atoms with van der Waals surface area (Å²) < 4.78 is 19.0. The molecule has 1 heterocycles. The Bertz CT molecular complexity index is 453. The van der Waals surface area contributed by atoms with Gasteiger partial charge in [-0.3, -0.25) is 5.41 Å². The first kappa shape index (κ1) is 12.8. The van der Waals surface area contributed by atoms with E-state index in [0.29, 0.717) is 25.4 Å². The van der Waals surface area contributed by atoms with E-state index in [2.05, 4.69) is 0 Å². The number of nitrogen functional groups attached to an aromatic ring is 1. The van der Waals surface area contributed by atoms with Gasteiger partial charge in [-0.15, -0.1) is 0 Å². The number of hydrogen-bond donors (Lipinski definition) is 3. The van der Waals surface area contributed by atoms with Crippen LogP contribution in [0.4, 0.5) is 10.1 Å². The van der Waals surface area contributed by atoms with E-state index in [0.717, 1.165) is 0 Å². The lowest BCUT2D eigenvalue weighted by atomic mass is 10.1. The lowest BCUT2D eigenvalue weighted by molar-refractivity contribution is 0.00355. The molecule has 6 heteroatoms. The number of halogens is 1. The summed E-state index contributed by atoms with van der Waals surface area (Å²) in [6, 6.07) is 4.59. The molecule has 1 unspecified atom stereocenters. The average Bonchev–Trinajstić information content (AvgIpc) is 2.38. The van der Waals surface area contributed by atoms with Crippen LogP contribution < -0.4 is 10.6 Å². The maximum absolute atomic E-state index is 13.7. The lowest BCUT2D eigenvalue weighted by Gasteiger charge is -2.34. The number of benzene rings is 1. The van der Waals surface area contributed by atoms with E-state index in [9.17, 15) is 4.39 Å².